The van der Waals surface area contributed by atoms with Gasteiger partial charge in [-0.15, -0.1) is 0 Å². The zero-order valence-corrected chi connectivity index (χ0v) is 17.8. The molecule has 1 aromatic heterocycles. The lowest BCUT2D eigenvalue weighted by Gasteiger charge is -2.33. The van der Waals surface area contributed by atoms with E-state index in [2.05, 4.69) is 0 Å². The minimum Gasteiger partial charge on any atom is -0.336 e. The molecule has 0 atom stereocenters. The fraction of sp³-hybridized carbons (Fsp3) is 0.273. The van der Waals surface area contributed by atoms with Crippen molar-refractivity contribution in [2.24, 2.45) is 0 Å². The molecule has 1 amide bonds. The SMILES string of the molecule is Cc1cccc(-c2nn(-c3ccccc3)cc2C(=O)N2CCN(S(C)(=O)=O)CC2)c1. The number of rotatable bonds is 4. The van der Waals surface area contributed by atoms with Crippen molar-refractivity contribution in [3.05, 3.63) is 71.9 Å². The Morgan fingerprint density at radius 2 is 1.67 bits per heavy atom. The van der Waals surface area contributed by atoms with E-state index in [4.69, 9.17) is 5.10 Å². The number of amides is 1. The molecule has 0 unspecified atom stereocenters. The van der Waals surface area contributed by atoms with Gasteiger partial charge in [-0.1, -0.05) is 42.0 Å². The van der Waals surface area contributed by atoms with E-state index in [-0.39, 0.29) is 5.91 Å². The summed E-state index contributed by atoms with van der Waals surface area (Å²) in [5.41, 5.74) is 3.97. The third kappa shape index (κ3) is 4.15. The molecule has 0 spiro atoms. The predicted octanol–water partition coefficient (Wildman–Crippen LogP) is 2.57. The van der Waals surface area contributed by atoms with Crippen molar-refractivity contribution in [1.82, 2.24) is 19.0 Å². The molecule has 4 rings (SSSR count). The van der Waals surface area contributed by atoms with Crippen LogP contribution in [-0.2, 0) is 10.0 Å². The largest absolute Gasteiger partial charge is 0.336 e. The Bertz CT molecular complexity index is 1160. The van der Waals surface area contributed by atoms with Crippen molar-refractivity contribution in [3.63, 3.8) is 0 Å². The Morgan fingerprint density at radius 3 is 2.30 bits per heavy atom. The average Bonchev–Trinajstić information content (AvgIpc) is 3.19. The van der Waals surface area contributed by atoms with Gasteiger partial charge in [0.1, 0.15) is 5.69 Å². The Balaban J connectivity index is 1.69. The maximum atomic E-state index is 13.4. The zero-order chi connectivity index (χ0) is 21.3. The van der Waals surface area contributed by atoms with Crippen LogP contribution < -0.4 is 0 Å². The highest BCUT2D eigenvalue weighted by Crippen LogP contribution is 2.26. The summed E-state index contributed by atoms with van der Waals surface area (Å²) in [7, 11) is -3.25. The lowest BCUT2D eigenvalue weighted by atomic mass is 10.0. The number of hydrogen-bond donors (Lipinski definition) is 0. The number of aryl methyl sites for hydroxylation is 1. The first kappa shape index (κ1) is 20.3. The second-order valence-corrected chi connectivity index (χ2v) is 9.48. The van der Waals surface area contributed by atoms with Crippen molar-refractivity contribution >= 4 is 15.9 Å². The fourth-order valence-electron chi connectivity index (χ4n) is 3.64. The smallest absolute Gasteiger partial charge is 0.257 e. The van der Waals surface area contributed by atoms with Gasteiger partial charge in [0.25, 0.3) is 5.91 Å². The molecule has 1 fully saturated rings. The number of sulfonamides is 1. The summed E-state index contributed by atoms with van der Waals surface area (Å²) in [6.07, 6.45) is 2.96. The summed E-state index contributed by atoms with van der Waals surface area (Å²) >= 11 is 0. The van der Waals surface area contributed by atoms with Crippen LogP contribution in [-0.4, -0.2) is 65.7 Å². The van der Waals surface area contributed by atoms with E-state index in [1.54, 1.807) is 15.8 Å². The van der Waals surface area contributed by atoms with Crippen LogP contribution in [0.15, 0.2) is 60.8 Å². The Morgan fingerprint density at radius 1 is 0.967 bits per heavy atom. The first-order valence-corrected chi connectivity index (χ1v) is 11.6. The molecule has 8 heteroatoms. The average molecular weight is 425 g/mol. The summed E-state index contributed by atoms with van der Waals surface area (Å²) in [6, 6.07) is 17.6. The third-order valence-corrected chi connectivity index (χ3v) is 6.55. The number of hydrogen-bond acceptors (Lipinski definition) is 4. The Hall–Kier alpha value is -2.97. The predicted molar refractivity (Wildman–Crippen MR) is 116 cm³/mol. The molecule has 1 saturated heterocycles. The van der Waals surface area contributed by atoms with Gasteiger partial charge >= 0.3 is 0 Å². The topological polar surface area (TPSA) is 75.5 Å². The van der Waals surface area contributed by atoms with E-state index < -0.39 is 10.0 Å². The van der Waals surface area contributed by atoms with E-state index >= 15 is 0 Å². The standard InChI is InChI=1S/C22H24N4O3S/c1-17-7-6-8-18(15-17)21-20(16-26(23-21)19-9-4-3-5-10-19)22(27)24-11-13-25(14-12-24)30(2,28)29/h3-10,15-16H,11-14H2,1-2H3. The maximum absolute atomic E-state index is 13.4. The molecule has 2 heterocycles. The summed E-state index contributed by atoms with van der Waals surface area (Å²) < 4.78 is 26.7. The second kappa shape index (κ2) is 8.04. The molecule has 1 aliphatic heterocycles. The minimum atomic E-state index is -3.25. The molecule has 30 heavy (non-hydrogen) atoms. The quantitative estimate of drug-likeness (QED) is 0.645. The normalized spacial score (nSPS) is 15.3. The summed E-state index contributed by atoms with van der Waals surface area (Å²) in [4.78, 5) is 15.1. The number of piperazine rings is 1. The number of para-hydroxylation sites is 1. The van der Waals surface area contributed by atoms with Crippen molar-refractivity contribution in [2.75, 3.05) is 32.4 Å². The third-order valence-electron chi connectivity index (χ3n) is 5.25. The van der Waals surface area contributed by atoms with Gasteiger partial charge in [0.05, 0.1) is 17.5 Å². The van der Waals surface area contributed by atoms with Crippen molar-refractivity contribution in [1.29, 1.82) is 0 Å². The van der Waals surface area contributed by atoms with Gasteiger partial charge in [0.15, 0.2) is 0 Å². The number of benzene rings is 2. The van der Waals surface area contributed by atoms with Crippen LogP contribution in [0.5, 0.6) is 0 Å². The molecule has 2 aromatic carbocycles. The maximum Gasteiger partial charge on any atom is 0.257 e. The molecule has 0 N–H and O–H groups in total. The zero-order valence-electron chi connectivity index (χ0n) is 17.0. The van der Waals surface area contributed by atoms with Crippen LogP contribution in [0.2, 0.25) is 0 Å². The number of aromatic nitrogens is 2. The first-order chi connectivity index (χ1) is 14.3. The van der Waals surface area contributed by atoms with Crippen LogP contribution >= 0.6 is 0 Å². The molecular weight excluding hydrogens is 400 g/mol. The fourth-order valence-corrected chi connectivity index (χ4v) is 4.47. The number of nitrogens with zero attached hydrogens (tertiary/aromatic N) is 4. The molecule has 156 valence electrons. The van der Waals surface area contributed by atoms with Crippen molar-refractivity contribution < 1.29 is 13.2 Å². The van der Waals surface area contributed by atoms with Gasteiger partial charge in [-0.2, -0.15) is 9.40 Å². The Labute approximate surface area is 176 Å². The second-order valence-electron chi connectivity index (χ2n) is 7.50. The highest BCUT2D eigenvalue weighted by Gasteiger charge is 2.29. The van der Waals surface area contributed by atoms with E-state index in [9.17, 15) is 13.2 Å². The molecule has 1 aliphatic rings. The van der Waals surface area contributed by atoms with Crippen molar-refractivity contribution in [3.8, 4) is 16.9 Å². The van der Waals surface area contributed by atoms with Gasteiger partial charge < -0.3 is 4.90 Å². The van der Waals surface area contributed by atoms with E-state index in [1.165, 1.54) is 10.6 Å². The molecule has 0 bridgehead atoms. The lowest BCUT2D eigenvalue weighted by Crippen LogP contribution is -2.50. The van der Waals surface area contributed by atoms with Crippen LogP contribution in [0, 0.1) is 6.92 Å². The highest BCUT2D eigenvalue weighted by molar-refractivity contribution is 7.88. The highest BCUT2D eigenvalue weighted by atomic mass is 32.2. The minimum absolute atomic E-state index is 0.137. The first-order valence-electron chi connectivity index (χ1n) is 9.79. The van der Waals surface area contributed by atoms with Crippen molar-refractivity contribution in [2.45, 2.75) is 6.92 Å². The molecule has 3 aromatic rings. The monoisotopic (exact) mass is 424 g/mol. The lowest BCUT2D eigenvalue weighted by molar-refractivity contribution is 0.0699. The van der Waals surface area contributed by atoms with E-state index in [0.717, 1.165) is 16.8 Å². The van der Waals surface area contributed by atoms with Gasteiger partial charge in [-0.3, -0.25) is 4.79 Å². The molecule has 0 radical (unpaired) electrons. The number of carbonyl (C=O) groups excluding carboxylic acids is 1. The van der Waals surface area contributed by atoms with Crippen LogP contribution in [0.25, 0.3) is 16.9 Å². The van der Waals surface area contributed by atoms with Crippen LogP contribution in [0.4, 0.5) is 0 Å². The Kier molecular flexibility index (Phi) is 5.44. The summed E-state index contributed by atoms with van der Waals surface area (Å²) in [6.45, 7) is 3.32. The van der Waals surface area contributed by atoms with Crippen LogP contribution in [0.3, 0.4) is 0 Å². The van der Waals surface area contributed by atoms with Gasteiger partial charge in [0.2, 0.25) is 10.0 Å². The van der Waals surface area contributed by atoms with Gasteiger partial charge in [-0.25, -0.2) is 13.1 Å². The van der Waals surface area contributed by atoms with Gasteiger partial charge in [-0.05, 0) is 25.1 Å². The molecular formula is C22H24N4O3S. The molecule has 7 nitrogen and oxygen atoms in total. The molecule has 0 aliphatic carbocycles. The number of carbonyl (C=O) groups is 1. The molecule has 0 saturated carbocycles. The van der Waals surface area contributed by atoms with E-state index in [0.29, 0.717) is 37.4 Å². The van der Waals surface area contributed by atoms with E-state index in [1.807, 2.05) is 61.5 Å². The van der Waals surface area contributed by atoms with Gasteiger partial charge in [0, 0.05) is 37.9 Å². The summed E-state index contributed by atoms with van der Waals surface area (Å²) in [5, 5.41) is 4.72. The van der Waals surface area contributed by atoms with Crippen LogP contribution in [0.1, 0.15) is 15.9 Å². The summed E-state index contributed by atoms with van der Waals surface area (Å²) in [5.74, 6) is -0.137.